The van der Waals surface area contributed by atoms with Crippen LogP contribution in [0.3, 0.4) is 0 Å². The van der Waals surface area contributed by atoms with E-state index in [-0.39, 0.29) is 11.9 Å². The van der Waals surface area contributed by atoms with Gasteiger partial charge in [0.05, 0.1) is 11.6 Å². The van der Waals surface area contributed by atoms with Crippen molar-refractivity contribution < 1.29 is 18.0 Å². The van der Waals surface area contributed by atoms with Crippen LogP contribution in [0.2, 0.25) is 0 Å². The zero-order chi connectivity index (χ0) is 20.5. The molecule has 1 heterocycles. The van der Waals surface area contributed by atoms with Gasteiger partial charge in [0.2, 0.25) is 5.91 Å². The summed E-state index contributed by atoms with van der Waals surface area (Å²) < 4.78 is 38.8. The van der Waals surface area contributed by atoms with Gasteiger partial charge in [0.25, 0.3) is 0 Å². The van der Waals surface area contributed by atoms with Gasteiger partial charge in [-0.1, -0.05) is 32.0 Å². The fourth-order valence-electron chi connectivity index (χ4n) is 4.67. The molecule has 1 amide bonds. The van der Waals surface area contributed by atoms with Crippen molar-refractivity contribution >= 4 is 5.91 Å². The molecule has 0 aromatic heterocycles. The Bertz CT molecular complexity index is 692. The van der Waals surface area contributed by atoms with Gasteiger partial charge in [-0.3, -0.25) is 9.69 Å². The van der Waals surface area contributed by atoms with Crippen LogP contribution in [0, 0.1) is 17.8 Å². The molecule has 2 aliphatic rings. The molecule has 3 N–H and O–H groups in total. The van der Waals surface area contributed by atoms with Crippen molar-refractivity contribution in [3.05, 3.63) is 35.4 Å². The van der Waals surface area contributed by atoms with E-state index in [0.29, 0.717) is 36.3 Å². The number of nitrogens with one attached hydrogen (secondary N) is 1. The summed E-state index contributed by atoms with van der Waals surface area (Å²) >= 11 is 0. The number of benzene rings is 1. The molecule has 1 aliphatic carbocycles. The number of amides is 1. The van der Waals surface area contributed by atoms with E-state index in [9.17, 15) is 18.0 Å². The molecule has 1 aromatic carbocycles. The number of carbonyl (C=O) groups excluding carboxylic acids is 1. The zero-order valence-corrected chi connectivity index (χ0v) is 16.5. The van der Waals surface area contributed by atoms with E-state index in [2.05, 4.69) is 10.2 Å². The summed E-state index contributed by atoms with van der Waals surface area (Å²) in [5.74, 6) is 1.11. The number of hydrogen-bond acceptors (Lipinski definition) is 3. The molecule has 4 atom stereocenters. The second kappa shape index (κ2) is 8.41. The van der Waals surface area contributed by atoms with Crippen LogP contribution in [0.5, 0.6) is 0 Å². The first kappa shape index (κ1) is 21.1. The highest BCUT2D eigenvalue weighted by atomic mass is 19.4. The summed E-state index contributed by atoms with van der Waals surface area (Å²) in [6.45, 7) is 6.25. The van der Waals surface area contributed by atoms with Gasteiger partial charge in [-0.2, -0.15) is 13.2 Å². The van der Waals surface area contributed by atoms with E-state index >= 15 is 0 Å². The number of nitrogens with two attached hydrogens (primary N) is 1. The lowest BCUT2D eigenvalue weighted by atomic mass is 9.97. The number of rotatable bonds is 6. The smallest absolute Gasteiger partial charge is 0.352 e. The largest absolute Gasteiger partial charge is 0.416 e. The molecule has 0 bridgehead atoms. The highest BCUT2D eigenvalue weighted by molar-refractivity contribution is 5.81. The second-order valence-electron chi connectivity index (χ2n) is 8.74. The Balaban J connectivity index is 1.57. The number of hydrogen-bond donors (Lipinski definition) is 2. The molecule has 0 unspecified atom stereocenters. The Morgan fingerprint density at radius 1 is 1.29 bits per heavy atom. The number of nitrogens with zero attached hydrogens (tertiary/aromatic N) is 1. The van der Waals surface area contributed by atoms with Gasteiger partial charge in [-0.15, -0.1) is 0 Å². The second-order valence-corrected chi connectivity index (χ2v) is 8.74. The van der Waals surface area contributed by atoms with E-state index in [4.69, 9.17) is 5.73 Å². The first-order valence-electron chi connectivity index (χ1n) is 10.1. The number of halogens is 3. The van der Waals surface area contributed by atoms with Crippen molar-refractivity contribution in [3.8, 4) is 0 Å². The monoisotopic (exact) mass is 397 g/mol. The van der Waals surface area contributed by atoms with Gasteiger partial charge in [0.1, 0.15) is 0 Å². The number of fused-ring (bicyclic) bond motifs is 1. The summed E-state index contributed by atoms with van der Waals surface area (Å²) in [6.07, 6.45) is -1.67. The summed E-state index contributed by atoms with van der Waals surface area (Å²) in [6, 6.07) is 5.18. The van der Waals surface area contributed by atoms with Crippen molar-refractivity contribution in [2.45, 2.75) is 57.9 Å². The van der Waals surface area contributed by atoms with Crippen LogP contribution < -0.4 is 11.1 Å². The average Bonchev–Trinajstić information content (AvgIpc) is 3.15. The van der Waals surface area contributed by atoms with E-state index in [1.807, 2.05) is 13.8 Å². The van der Waals surface area contributed by atoms with Crippen LogP contribution in [-0.2, 0) is 17.5 Å². The summed E-state index contributed by atoms with van der Waals surface area (Å²) in [5.41, 5.74) is 6.07. The Morgan fingerprint density at radius 3 is 2.71 bits per heavy atom. The Morgan fingerprint density at radius 2 is 2.04 bits per heavy atom. The lowest BCUT2D eigenvalue weighted by molar-refractivity contribution is -0.137. The number of likely N-dealkylation sites (tertiary alicyclic amines) is 1. The molecule has 1 aliphatic heterocycles. The molecule has 1 saturated carbocycles. The predicted octanol–water partition coefficient (Wildman–Crippen LogP) is 3.41. The molecule has 156 valence electrons. The number of alkyl halides is 3. The third-order valence-corrected chi connectivity index (χ3v) is 5.98. The molecule has 4 nitrogen and oxygen atoms in total. The minimum absolute atomic E-state index is 0.0873. The van der Waals surface area contributed by atoms with Crippen LogP contribution in [0.4, 0.5) is 13.2 Å². The van der Waals surface area contributed by atoms with Crippen molar-refractivity contribution in [1.82, 2.24) is 10.2 Å². The van der Waals surface area contributed by atoms with Gasteiger partial charge in [-0.05, 0) is 48.6 Å². The Labute approximate surface area is 164 Å². The minimum atomic E-state index is -4.32. The van der Waals surface area contributed by atoms with Crippen LogP contribution in [0.1, 0.15) is 44.2 Å². The zero-order valence-electron chi connectivity index (χ0n) is 16.5. The molecule has 1 aromatic rings. The van der Waals surface area contributed by atoms with Crippen LogP contribution >= 0.6 is 0 Å². The molecule has 0 spiro atoms. The SMILES string of the molecule is CC(C)C[C@H](N)C(=O)N[C@H]1CC[C@@H]2CN(Cc3cccc(C(F)(F)F)c3)C[C@H]21. The summed E-state index contributed by atoms with van der Waals surface area (Å²) in [7, 11) is 0. The standard InChI is InChI=1S/C21H30F3N3O/c1-13(2)8-18(25)20(28)26-19-7-6-15-11-27(12-17(15)19)10-14-4-3-5-16(9-14)21(22,23)24/h3-5,9,13,15,17-19H,6-8,10-12,25H2,1-2H3,(H,26,28)/t15-,17-,18+,19+/m1/s1. The minimum Gasteiger partial charge on any atom is -0.352 e. The lowest BCUT2D eigenvalue weighted by Gasteiger charge is -2.24. The third-order valence-electron chi connectivity index (χ3n) is 5.98. The van der Waals surface area contributed by atoms with Gasteiger partial charge in [-0.25, -0.2) is 0 Å². The molecule has 1 saturated heterocycles. The summed E-state index contributed by atoms with van der Waals surface area (Å²) in [4.78, 5) is 14.6. The predicted molar refractivity (Wildman–Crippen MR) is 102 cm³/mol. The average molecular weight is 397 g/mol. The summed E-state index contributed by atoms with van der Waals surface area (Å²) in [5, 5.41) is 3.13. The van der Waals surface area contributed by atoms with Crippen molar-refractivity contribution in [3.63, 3.8) is 0 Å². The van der Waals surface area contributed by atoms with Crippen molar-refractivity contribution in [2.75, 3.05) is 13.1 Å². The van der Waals surface area contributed by atoms with Crippen LogP contribution in [-0.4, -0.2) is 36.0 Å². The fourth-order valence-corrected chi connectivity index (χ4v) is 4.67. The lowest BCUT2D eigenvalue weighted by Crippen LogP contribution is -2.48. The highest BCUT2D eigenvalue weighted by Gasteiger charge is 2.43. The normalized spacial score (nSPS) is 26.5. The van der Waals surface area contributed by atoms with E-state index in [1.54, 1.807) is 6.07 Å². The van der Waals surface area contributed by atoms with Gasteiger partial charge < -0.3 is 11.1 Å². The highest BCUT2D eigenvalue weighted by Crippen LogP contribution is 2.39. The molecule has 28 heavy (non-hydrogen) atoms. The molecule has 7 heteroatoms. The quantitative estimate of drug-likeness (QED) is 0.774. The van der Waals surface area contributed by atoms with Crippen LogP contribution in [0.25, 0.3) is 0 Å². The van der Waals surface area contributed by atoms with Crippen LogP contribution in [0.15, 0.2) is 24.3 Å². The maximum atomic E-state index is 12.9. The maximum Gasteiger partial charge on any atom is 0.416 e. The fraction of sp³-hybridized carbons (Fsp3) is 0.667. The molecular weight excluding hydrogens is 367 g/mol. The van der Waals surface area contributed by atoms with E-state index in [0.717, 1.165) is 32.0 Å². The topological polar surface area (TPSA) is 58.4 Å². The number of carbonyl (C=O) groups is 1. The van der Waals surface area contributed by atoms with Gasteiger partial charge >= 0.3 is 6.18 Å². The first-order chi connectivity index (χ1) is 13.1. The van der Waals surface area contributed by atoms with Crippen molar-refractivity contribution in [1.29, 1.82) is 0 Å². The van der Waals surface area contributed by atoms with E-state index < -0.39 is 17.8 Å². The molecule has 3 rings (SSSR count). The molecular formula is C21H30F3N3O. The maximum absolute atomic E-state index is 12.9. The van der Waals surface area contributed by atoms with Gasteiger partial charge in [0, 0.05) is 25.7 Å². The Kier molecular flexibility index (Phi) is 6.34. The van der Waals surface area contributed by atoms with E-state index in [1.165, 1.54) is 12.1 Å². The molecule has 0 radical (unpaired) electrons. The third kappa shape index (κ3) is 5.06. The first-order valence-corrected chi connectivity index (χ1v) is 10.1. The Hall–Kier alpha value is -1.60. The van der Waals surface area contributed by atoms with Gasteiger partial charge in [0.15, 0.2) is 0 Å². The molecule has 2 fully saturated rings. The van der Waals surface area contributed by atoms with Crippen molar-refractivity contribution in [2.24, 2.45) is 23.5 Å².